The number of carbonyl (C=O) groups is 1. The molecule has 0 saturated carbocycles. The van der Waals surface area contributed by atoms with Crippen LogP contribution in [0, 0.1) is 0 Å². The van der Waals surface area contributed by atoms with E-state index in [9.17, 15) is 4.79 Å². The molecule has 1 nitrogen and oxygen atoms in total. The highest BCUT2D eigenvalue weighted by atomic mass is 35.5. The van der Waals surface area contributed by atoms with Crippen molar-refractivity contribution >= 4 is 16.8 Å². The van der Waals surface area contributed by atoms with Gasteiger partial charge in [-0.1, -0.05) is 59.7 Å². The van der Waals surface area contributed by atoms with Crippen LogP contribution in [-0.4, -0.2) is 5.24 Å². The molecule has 0 fully saturated rings. The van der Waals surface area contributed by atoms with Crippen molar-refractivity contribution in [2.45, 2.75) is 52.4 Å². The molecule has 0 saturated heterocycles. The van der Waals surface area contributed by atoms with Crippen molar-refractivity contribution in [3.63, 3.8) is 0 Å². The molecule has 0 N–H and O–H groups in total. The third-order valence-corrected chi connectivity index (χ3v) is 3.07. The van der Waals surface area contributed by atoms with Crippen LogP contribution in [0.1, 0.15) is 63.0 Å². The second-order valence-electron chi connectivity index (χ2n) is 6.50. The Hall–Kier alpha value is -0.820. The van der Waals surface area contributed by atoms with Gasteiger partial charge in [0.15, 0.2) is 0 Å². The van der Waals surface area contributed by atoms with Gasteiger partial charge in [-0.25, -0.2) is 0 Å². The molecule has 0 aliphatic carbocycles. The van der Waals surface area contributed by atoms with Crippen LogP contribution in [0.2, 0.25) is 0 Å². The fourth-order valence-electron chi connectivity index (χ4n) is 2.01. The Bertz CT molecular complexity index is 401. The molecule has 0 atom stereocenters. The quantitative estimate of drug-likeness (QED) is 0.665. The molecule has 1 rings (SSSR count). The third kappa shape index (κ3) is 3.10. The van der Waals surface area contributed by atoms with Gasteiger partial charge in [-0.3, -0.25) is 4.79 Å². The van der Waals surface area contributed by atoms with Gasteiger partial charge in [-0.05, 0) is 33.6 Å². The summed E-state index contributed by atoms with van der Waals surface area (Å²) in [6.07, 6.45) is 0. The molecule has 0 spiro atoms. The van der Waals surface area contributed by atoms with E-state index >= 15 is 0 Å². The van der Waals surface area contributed by atoms with Gasteiger partial charge in [-0.15, -0.1) is 0 Å². The van der Waals surface area contributed by atoms with Crippen molar-refractivity contribution in [3.8, 4) is 0 Å². The first-order chi connectivity index (χ1) is 7.55. The van der Waals surface area contributed by atoms with Gasteiger partial charge in [-0.2, -0.15) is 0 Å². The minimum atomic E-state index is -0.361. The maximum absolute atomic E-state index is 11.7. The first-order valence-corrected chi connectivity index (χ1v) is 6.27. The number of halogens is 1. The zero-order valence-electron chi connectivity index (χ0n) is 11.5. The highest BCUT2D eigenvalue weighted by Gasteiger charge is 2.27. The molecule has 0 aromatic heterocycles. The van der Waals surface area contributed by atoms with E-state index < -0.39 is 0 Å². The fraction of sp³-hybridized carbons (Fsp3) is 0.533. The summed E-state index contributed by atoms with van der Waals surface area (Å²) in [5, 5.41) is -0.361. The topological polar surface area (TPSA) is 17.1 Å². The molecule has 0 amide bonds. The molecule has 0 aliphatic rings. The average Bonchev–Trinajstić information content (AvgIpc) is 2.13. The van der Waals surface area contributed by atoms with Crippen LogP contribution in [0.3, 0.4) is 0 Å². The Balaban J connectivity index is 3.61. The summed E-state index contributed by atoms with van der Waals surface area (Å²) in [7, 11) is 0. The second-order valence-corrected chi connectivity index (χ2v) is 6.85. The molecule has 94 valence electrons. The number of hydrogen-bond donors (Lipinski definition) is 0. The van der Waals surface area contributed by atoms with Gasteiger partial charge < -0.3 is 0 Å². The molecule has 0 aliphatic heterocycles. The Labute approximate surface area is 109 Å². The summed E-state index contributed by atoms with van der Waals surface area (Å²) in [5.74, 6) is 0. The summed E-state index contributed by atoms with van der Waals surface area (Å²) in [4.78, 5) is 11.7. The van der Waals surface area contributed by atoms with E-state index in [-0.39, 0.29) is 16.1 Å². The Morgan fingerprint density at radius 1 is 0.941 bits per heavy atom. The molecule has 17 heavy (non-hydrogen) atoms. The minimum absolute atomic E-state index is 0.0822. The lowest BCUT2D eigenvalue weighted by atomic mass is 9.76. The molecule has 0 radical (unpaired) electrons. The van der Waals surface area contributed by atoms with E-state index in [2.05, 4.69) is 41.5 Å². The van der Waals surface area contributed by atoms with Gasteiger partial charge in [0.25, 0.3) is 5.24 Å². The number of rotatable bonds is 1. The molecule has 2 heteroatoms. The molecule has 0 bridgehead atoms. The predicted molar refractivity (Wildman–Crippen MR) is 74.0 cm³/mol. The lowest BCUT2D eigenvalue weighted by molar-refractivity contribution is 0.107. The summed E-state index contributed by atoms with van der Waals surface area (Å²) in [5.41, 5.74) is 2.55. The zero-order chi connectivity index (χ0) is 13.4. The maximum Gasteiger partial charge on any atom is 0.252 e. The van der Waals surface area contributed by atoms with Gasteiger partial charge in [0.2, 0.25) is 0 Å². The van der Waals surface area contributed by atoms with Crippen LogP contribution in [0.4, 0.5) is 0 Å². The van der Waals surface area contributed by atoms with Crippen LogP contribution >= 0.6 is 11.6 Å². The number of carbonyl (C=O) groups excluding carboxylic acids is 1. The zero-order valence-corrected chi connectivity index (χ0v) is 12.3. The van der Waals surface area contributed by atoms with Crippen molar-refractivity contribution < 1.29 is 4.79 Å². The summed E-state index contributed by atoms with van der Waals surface area (Å²) >= 11 is 5.79. The lowest BCUT2D eigenvalue weighted by Gasteiger charge is -2.28. The van der Waals surface area contributed by atoms with Gasteiger partial charge in [0, 0.05) is 5.56 Å². The first-order valence-electron chi connectivity index (χ1n) is 5.89. The van der Waals surface area contributed by atoms with E-state index in [1.54, 1.807) is 0 Å². The molecular formula is C15H21ClO. The van der Waals surface area contributed by atoms with Gasteiger partial charge in [0.1, 0.15) is 0 Å². The van der Waals surface area contributed by atoms with Crippen molar-refractivity contribution in [1.82, 2.24) is 0 Å². The Kier molecular flexibility index (Phi) is 3.73. The lowest BCUT2D eigenvalue weighted by Crippen LogP contribution is -2.22. The van der Waals surface area contributed by atoms with Crippen LogP contribution < -0.4 is 0 Å². The fourth-order valence-corrected chi connectivity index (χ4v) is 2.22. The smallest absolute Gasteiger partial charge is 0.252 e. The first kappa shape index (κ1) is 14.2. The van der Waals surface area contributed by atoms with Crippen LogP contribution in [0.5, 0.6) is 0 Å². The molecule has 0 heterocycles. The minimum Gasteiger partial charge on any atom is -0.276 e. The second kappa shape index (κ2) is 4.45. The SMILES string of the molecule is CC(C)(C)c1cccc(C(C)(C)C)c1C(=O)Cl. The van der Waals surface area contributed by atoms with Crippen molar-refractivity contribution in [1.29, 1.82) is 0 Å². The largest absolute Gasteiger partial charge is 0.276 e. The van der Waals surface area contributed by atoms with Gasteiger partial charge >= 0.3 is 0 Å². The van der Waals surface area contributed by atoms with E-state index in [1.165, 1.54) is 0 Å². The molecular weight excluding hydrogens is 232 g/mol. The summed E-state index contributed by atoms with van der Waals surface area (Å²) in [6.45, 7) is 12.6. The molecule has 1 aromatic rings. The maximum atomic E-state index is 11.7. The highest BCUT2D eigenvalue weighted by molar-refractivity contribution is 6.68. The van der Waals surface area contributed by atoms with Gasteiger partial charge in [0.05, 0.1) is 0 Å². The normalized spacial score (nSPS) is 12.6. The number of benzene rings is 1. The average molecular weight is 253 g/mol. The van der Waals surface area contributed by atoms with Crippen LogP contribution in [0.25, 0.3) is 0 Å². The van der Waals surface area contributed by atoms with Crippen molar-refractivity contribution in [3.05, 3.63) is 34.9 Å². The van der Waals surface area contributed by atoms with E-state index in [4.69, 9.17) is 11.6 Å². The van der Waals surface area contributed by atoms with Crippen molar-refractivity contribution in [2.75, 3.05) is 0 Å². The molecule has 1 aromatic carbocycles. The Morgan fingerprint density at radius 3 is 1.53 bits per heavy atom. The summed E-state index contributed by atoms with van der Waals surface area (Å²) in [6, 6.07) is 5.99. The monoisotopic (exact) mass is 252 g/mol. The Morgan fingerprint density at radius 2 is 1.29 bits per heavy atom. The van der Waals surface area contributed by atoms with E-state index in [0.717, 1.165) is 11.1 Å². The summed E-state index contributed by atoms with van der Waals surface area (Å²) < 4.78 is 0. The standard InChI is InChI=1S/C15H21ClO/c1-14(2,3)10-8-7-9-11(15(4,5)6)12(10)13(16)17/h7-9H,1-6H3. The van der Waals surface area contributed by atoms with Crippen molar-refractivity contribution in [2.24, 2.45) is 0 Å². The van der Waals surface area contributed by atoms with E-state index in [0.29, 0.717) is 5.56 Å². The predicted octanol–water partition coefficient (Wildman–Crippen LogP) is 4.66. The van der Waals surface area contributed by atoms with Crippen LogP contribution in [0.15, 0.2) is 18.2 Å². The van der Waals surface area contributed by atoms with E-state index in [1.807, 2.05) is 18.2 Å². The third-order valence-electron chi connectivity index (χ3n) is 2.88. The number of hydrogen-bond acceptors (Lipinski definition) is 1. The van der Waals surface area contributed by atoms with Crippen LogP contribution in [-0.2, 0) is 10.8 Å². The molecule has 0 unspecified atom stereocenters. The highest BCUT2D eigenvalue weighted by Crippen LogP contribution is 2.34.